The van der Waals surface area contributed by atoms with Crippen molar-refractivity contribution in [2.24, 2.45) is 0 Å². The third kappa shape index (κ3) is 3.09. The fourth-order valence-electron chi connectivity index (χ4n) is 1.95. The molecule has 0 aliphatic carbocycles. The lowest BCUT2D eigenvalue weighted by molar-refractivity contribution is -0.124. The molecular formula is C13H21N3O4. The molecule has 7 heteroatoms. The fourth-order valence-corrected chi connectivity index (χ4v) is 1.95. The van der Waals surface area contributed by atoms with Crippen molar-refractivity contribution in [3.63, 3.8) is 0 Å². The second-order valence-electron chi connectivity index (χ2n) is 5.36. The molecular weight excluding hydrogens is 262 g/mol. The Morgan fingerprint density at radius 2 is 1.75 bits per heavy atom. The first-order valence-electron chi connectivity index (χ1n) is 6.54. The number of H-pyrrole nitrogens is 1. The highest BCUT2D eigenvalue weighted by Gasteiger charge is 2.24. The Labute approximate surface area is 116 Å². The zero-order valence-corrected chi connectivity index (χ0v) is 12.4. The minimum absolute atomic E-state index is 0.0878. The third-order valence-electron chi connectivity index (χ3n) is 2.93. The van der Waals surface area contributed by atoms with Crippen molar-refractivity contribution in [2.75, 3.05) is 0 Å². The molecule has 3 N–H and O–H groups in total. The number of hydrogen-bond donors (Lipinski definition) is 3. The van der Waals surface area contributed by atoms with Gasteiger partial charge < -0.3 is 10.4 Å². The van der Waals surface area contributed by atoms with Crippen LogP contribution in [0.1, 0.15) is 52.1 Å². The Morgan fingerprint density at radius 3 is 2.20 bits per heavy atom. The van der Waals surface area contributed by atoms with Gasteiger partial charge in [-0.05, 0) is 26.7 Å². The van der Waals surface area contributed by atoms with Crippen molar-refractivity contribution < 1.29 is 9.90 Å². The van der Waals surface area contributed by atoms with Gasteiger partial charge in [0.1, 0.15) is 6.04 Å². The smallest absolute Gasteiger partial charge is 0.331 e. The summed E-state index contributed by atoms with van der Waals surface area (Å²) in [4.78, 5) is 37.6. The van der Waals surface area contributed by atoms with Gasteiger partial charge in [-0.3, -0.25) is 19.1 Å². The summed E-state index contributed by atoms with van der Waals surface area (Å²) in [5.74, 6) is -1.13. The van der Waals surface area contributed by atoms with Crippen molar-refractivity contribution in [3.05, 3.63) is 26.4 Å². The van der Waals surface area contributed by atoms with E-state index in [-0.39, 0.29) is 17.5 Å². The topological polar surface area (TPSA) is 104 Å². The predicted octanol–water partition coefficient (Wildman–Crippen LogP) is 0.451. The van der Waals surface area contributed by atoms with Crippen LogP contribution in [0.4, 0.5) is 0 Å². The Morgan fingerprint density at radius 1 is 1.20 bits per heavy atom. The average molecular weight is 283 g/mol. The number of carbonyl (C=O) groups excluding carboxylic acids is 1. The van der Waals surface area contributed by atoms with Gasteiger partial charge in [0.25, 0.3) is 5.56 Å². The van der Waals surface area contributed by atoms with E-state index in [0.29, 0.717) is 0 Å². The molecule has 0 bridgehead atoms. The van der Waals surface area contributed by atoms with Crippen LogP contribution in [0.5, 0.6) is 5.88 Å². The van der Waals surface area contributed by atoms with Crippen LogP contribution in [-0.2, 0) is 4.79 Å². The lowest BCUT2D eigenvalue weighted by atomic mass is 10.1. The van der Waals surface area contributed by atoms with Crippen LogP contribution < -0.4 is 16.6 Å². The Hall–Kier alpha value is -2.05. The van der Waals surface area contributed by atoms with Gasteiger partial charge >= 0.3 is 5.69 Å². The molecule has 0 spiro atoms. The van der Waals surface area contributed by atoms with Crippen molar-refractivity contribution in [1.29, 1.82) is 0 Å². The number of aromatic hydroxyl groups is 1. The zero-order valence-electron chi connectivity index (χ0n) is 12.4. The molecule has 0 radical (unpaired) electrons. The van der Waals surface area contributed by atoms with Crippen LogP contribution in [0.3, 0.4) is 0 Å². The molecule has 1 aromatic heterocycles. The molecule has 0 aromatic carbocycles. The lowest BCUT2D eigenvalue weighted by Crippen LogP contribution is -2.41. The van der Waals surface area contributed by atoms with Crippen LogP contribution in [-0.4, -0.2) is 26.6 Å². The molecule has 1 heterocycles. The molecule has 1 amide bonds. The number of carbonyl (C=O) groups is 1. The molecule has 7 nitrogen and oxygen atoms in total. The summed E-state index contributed by atoms with van der Waals surface area (Å²) in [6.07, 6.45) is 0. The molecule has 0 saturated carbocycles. The summed E-state index contributed by atoms with van der Waals surface area (Å²) in [5, 5.41) is 12.8. The normalized spacial score (nSPS) is 12.8. The van der Waals surface area contributed by atoms with Crippen LogP contribution in [0, 0.1) is 0 Å². The maximum atomic E-state index is 12.0. The van der Waals surface area contributed by atoms with E-state index in [1.807, 2.05) is 0 Å². The average Bonchev–Trinajstić information content (AvgIpc) is 2.25. The number of rotatable bonds is 4. The van der Waals surface area contributed by atoms with Gasteiger partial charge in [-0.1, -0.05) is 13.8 Å². The maximum Gasteiger partial charge on any atom is 0.331 e. The van der Waals surface area contributed by atoms with Crippen molar-refractivity contribution >= 4 is 5.91 Å². The van der Waals surface area contributed by atoms with Gasteiger partial charge in [-0.2, -0.15) is 0 Å². The first-order valence-corrected chi connectivity index (χ1v) is 6.54. The monoisotopic (exact) mass is 283 g/mol. The lowest BCUT2D eigenvalue weighted by Gasteiger charge is -2.19. The molecule has 1 atom stereocenters. The molecule has 1 aromatic rings. The van der Waals surface area contributed by atoms with Crippen molar-refractivity contribution in [1.82, 2.24) is 14.9 Å². The molecule has 0 aliphatic heterocycles. The van der Waals surface area contributed by atoms with E-state index < -0.39 is 29.1 Å². The van der Waals surface area contributed by atoms with Crippen LogP contribution in [0.15, 0.2) is 9.59 Å². The number of nitrogens with zero attached hydrogens (tertiary/aromatic N) is 1. The first-order chi connectivity index (χ1) is 9.16. The summed E-state index contributed by atoms with van der Waals surface area (Å²) in [5.41, 5.74) is -1.34. The maximum absolute atomic E-state index is 12.0. The van der Waals surface area contributed by atoms with E-state index in [0.717, 1.165) is 4.57 Å². The van der Waals surface area contributed by atoms with Gasteiger partial charge in [-0.25, -0.2) is 4.79 Å². The summed E-state index contributed by atoms with van der Waals surface area (Å²) < 4.78 is 0.897. The van der Waals surface area contributed by atoms with Gasteiger partial charge in [0.2, 0.25) is 11.8 Å². The Bertz CT molecular complexity index is 613. The Balaban J connectivity index is 3.39. The number of amides is 1. The minimum atomic E-state index is -0.917. The molecule has 1 unspecified atom stereocenters. The summed E-state index contributed by atoms with van der Waals surface area (Å²) >= 11 is 0. The van der Waals surface area contributed by atoms with Crippen molar-refractivity contribution in [2.45, 2.75) is 52.6 Å². The highest BCUT2D eigenvalue weighted by molar-refractivity contribution is 5.80. The molecule has 0 fully saturated rings. The van der Waals surface area contributed by atoms with Gasteiger partial charge in [0.05, 0.1) is 5.56 Å². The zero-order chi connectivity index (χ0) is 15.6. The van der Waals surface area contributed by atoms with E-state index in [4.69, 9.17) is 0 Å². The second kappa shape index (κ2) is 5.94. The predicted molar refractivity (Wildman–Crippen MR) is 75.1 cm³/mol. The van der Waals surface area contributed by atoms with Gasteiger partial charge in [0, 0.05) is 6.04 Å². The van der Waals surface area contributed by atoms with Crippen LogP contribution in [0.2, 0.25) is 0 Å². The highest BCUT2D eigenvalue weighted by Crippen LogP contribution is 2.22. The second-order valence-corrected chi connectivity index (χ2v) is 5.36. The number of aromatic amines is 1. The molecule has 20 heavy (non-hydrogen) atoms. The SMILES string of the molecule is CC(C)NC(=O)C(C)n1c(O)c(C(C)C)c(=O)[nH]c1=O. The fraction of sp³-hybridized carbons (Fsp3) is 0.615. The number of hydrogen-bond acceptors (Lipinski definition) is 4. The summed E-state index contributed by atoms with van der Waals surface area (Å²) in [6, 6.07) is -1.01. The van der Waals surface area contributed by atoms with E-state index >= 15 is 0 Å². The standard InChI is InChI=1S/C13H21N3O4/c1-6(2)9-11(18)15-13(20)16(12(9)19)8(5)10(17)14-7(3)4/h6-8,19H,1-5H3,(H,14,17)(H,15,18,20). The first kappa shape index (κ1) is 16.0. The molecule has 0 aliphatic rings. The van der Waals surface area contributed by atoms with E-state index in [2.05, 4.69) is 10.3 Å². The van der Waals surface area contributed by atoms with E-state index in [1.54, 1.807) is 27.7 Å². The quantitative estimate of drug-likeness (QED) is 0.746. The van der Waals surface area contributed by atoms with Gasteiger partial charge in [0.15, 0.2) is 0 Å². The molecule has 1 rings (SSSR count). The highest BCUT2D eigenvalue weighted by atomic mass is 16.3. The van der Waals surface area contributed by atoms with E-state index in [9.17, 15) is 19.5 Å². The summed E-state index contributed by atoms with van der Waals surface area (Å²) in [7, 11) is 0. The molecule has 112 valence electrons. The molecule has 0 saturated heterocycles. The van der Waals surface area contributed by atoms with E-state index in [1.165, 1.54) is 6.92 Å². The van der Waals surface area contributed by atoms with Crippen LogP contribution >= 0.6 is 0 Å². The largest absolute Gasteiger partial charge is 0.494 e. The number of aromatic nitrogens is 2. The minimum Gasteiger partial charge on any atom is -0.494 e. The third-order valence-corrected chi connectivity index (χ3v) is 2.93. The number of nitrogens with one attached hydrogen (secondary N) is 2. The van der Waals surface area contributed by atoms with Crippen molar-refractivity contribution in [3.8, 4) is 5.88 Å². The summed E-state index contributed by atoms with van der Waals surface area (Å²) in [6.45, 7) is 8.51. The van der Waals surface area contributed by atoms with Crippen LogP contribution in [0.25, 0.3) is 0 Å². The van der Waals surface area contributed by atoms with Gasteiger partial charge in [-0.15, -0.1) is 0 Å². The Kier molecular flexibility index (Phi) is 4.75.